The van der Waals surface area contributed by atoms with E-state index in [0.717, 1.165) is 16.8 Å². The van der Waals surface area contributed by atoms with E-state index in [0.29, 0.717) is 24.7 Å². The molecule has 6 nitrogen and oxygen atoms in total. The lowest BCUT2D eigenvalue weighted by Crippen LogP contribution is -2.06. The smallest absolute Gasteiger partial charge is 0.225 e. The Morgan fingerprint density at radius 1 is 1.05 bits per heavy atom. The zero-order valence-corrected chi connectivity index (χ0v) is 12.2. The molecular formula is C15H19N3O3. The van der Waals surface area contributed by atoms with Crippen LogP contribution in [0.15, 0.2) is 30.6 Å². The number of nitrogens with one attached hydrogen (secondary N) is 1. The summed E-state index contributed by atoms with van der Waals surface area (Å²) >= 11 is 0. The summed E-state index contributed by atoms with van der Waals surface area (Å²) in [6, 6.07) is 7.89. The Bertz CT molecular complexity index is 551. The van der Waals surface area contributed by atoms with E-state index in [4.69, 9.17) is 14.6 Å². The first kappa shape index (κ1) is 15.1. The molecule has 2 rings (SSSR count). The van der Waals surface area contributed by atoms with Crippen LogP contribution in [-0.2, 0) is 13.0 Å². The summed E-state index contributed by atoms with van der Waals surface area (Å²) in [6.45, 7) is 0.648. The number of ether oxygens (including phenoxy) is 2. The van der Waals surface area contributed by atoms with Crippen LogP contribution in [0.5, 0.6) is 11.8 Å². The number of rotatable bonds is 7. The molecule has 0 bridgehead atoms. The van der Waals surface area contributed by atoms with Crippen LogP contribution in [0.1, 0.15) is 11.1 Å². The topological polar surface area (TPSA) is 76.5 Å². The van der Waals surface area contributed by atoms with Crippen LogP contribution < -0.4 is 14.8 Å². The molecule has 6 heteroatoms. The molecule has 0 spiro atoms. The predicted molar refractivity (Wildman–Crippen MR) is 79.7 cm³/mol. The summed E-state index contributed by atoms with van der Waals surface area (Å²) in [4.78, 5) is 8.15. The number of aliphatic hydroxyl groups excluding tert-OH is 1. The van der Waals surface area contributed by atoms with Crippen LogP contribution >= 0.6 is 0 Å². The molecule has 0 atom stereocenters. The normalized spacial score (nSPS) is 10.2. The van der Waals surface area contributed by atoms with Gasteiger partial charge in [0.25, 0.3) is 0 Å². The highest BCUT2D eigenvalue weighted by atomic mass is 16.5. The second-order valence-electron chi connectivity index (χ2n) is 4.39. The van der Waals surface area contributed by atoms with Crippen LogP contribution in [-0.4, -0.2) is 35.9 Å². The van der Waals surface area contributed by atoms with Gasteiger partial charge in [-0.15, -0.1) is 0 Å². The Hall–Kier alpha value is -2.34. The van der Waals surface area contributed by atoms with E-state index >= 15 is 0 Å². The number of anilines is 1. The van der Waals surface area contributed by atoms with Gasteiger partial charge >= 0.3 is 0 Å². The van der Waals surface area contributed by atoms with Gasteiger partial charge in [-0.05, 0) is 24.1 Å². The molecule has 1 heterocycles. The minimum absolute atomic E-state index is 0.155. The maximum absolute atomic E-state index is 8.90. The lowest BCUT2D eigenvalue weighted by Gasteiger charge is -2.12. The fourth-order valence-corrected chi connectivity index (χ4v) is 1.99. The molecular weight excluding hydrogens is 270 g/mol. The molecule has 0 aliphatic rings. The molecule has 0 aliphatic heterocycles. The van der Waals surface area contributed by atoms with Crippen molar-refractivity contribution in [1.82, 2.24) is 9.97 Å². The van der Waals surface area contributed by atoms with Crippen molar-refractivity contribution in [3.63, 3.8) is 0 Å². The van der Waals surface area contributed by atoms with Crippen LogP contribution in [0.3, 0.4) is 0 Å². The van der Waals surface area contributed by atoms with Crippen molar-refractivity contribution in [3.8, 4) is 11.8 Å². The van der Waals surface area contributed by atoms with Crippen LogP contribution in [0.4, 0.5) is 5.69 Å². The first-order valence-electron chi connectivity index (χ1n) is 6.64. The van der Waals surface area contributed by atoms with Gasteiger partial charge in [-0.2, -0.15) is 0 Å². The number of aliphatic hydroxyl groups is 1. The van der Waals surface area contributed by atoms with Crippen molar-refractivity contribution in [2.24, 2.45) is 0 Å². The van der Waals surface area contributed by atoms with E-state index in [2.05, 4.69) is 15.3 Å². The fourth-order valence-electron chi connectivity index (χ4n) is 1.99. The molecule has 2 N–H and O–H groups in total. The predicted octanol–water partition coefficient (Wildman–Crippen LogP) is 1.64. The SMILES string of the molecule is COc1ncnc(OC)c1CNc1ccc(CCO)cc1. The van der Waals surface area contributed by atoms with Crippen molar-refractivity contribution < 1.29 is 14.6 Å². The van der Waals surface area contributed by atoms with Gasteiger partial charge in [-0.3, -0.25) is 0 Å². The molecule has 112 valence electrons. The summed E-state index contributed by atoms with van der Waals surface area (Å²) in [5.74, 6) is 0.984. The fraction of sp³-hybridized carbons (Fsp3) is 0.333. The van der Waals surface area contributed by atoms with Crippen molar-refractivity contribution in [2.75, 3.05) is 26.1 Å². The largest absolute Gasteiger partial charge is 0.481 e. The second-order valence-corrected chi connectivity index (χ2v) is 4.39. The Morgan fingerprint density at radius 2 is 1.67 bits per heavy atom. The molecule has 2 aromatic rings. The number of benzene rings is 1. The monoisotopic (exact) mass is 289 g/mol. The maximum atomic E-state index is 8.90. The van der Waals surface area contributed by atoms with E-state index in [1.165, 1.54) is 6.33 Å². The summed E-state index contributed by atoms with van der Waals surface area (Å²) < 4.78 is 10.5. The highest BCUT2D eigenvalue weighted by molar-refractivity contribution is 5.47. The van der Waals surface area contributed by atoms with Crippen molar-refractivity contribution >= 4 is 5.69 Å². The zero-order chi connectivity index (χ0) is 15.1. The molecule has 0 aliphatic carbocycles. The number of methoxy groups -OCH3 is 2. The minimum atomic E-state index is 0.155. The van der Waals surface area contributed by atoms with Gasteiger partial charge in [0.1, 0.15) is 6.33 Å². The third-order valence-electron chi connectivity index (χ3n) is 3.08. The van der Waals surface area contributed by atoms with Gasteiger partial charge in [0.15, 0.2) is 0 Å². The molecule has 0 saturated carbocycles. The Morgan fingerprint density at radius 3 is 2.19 bits per heavy atom. The molecule has 0 fully saturated rings. The van der Waals surface area contributed by atoms with Gasteiger partial charge in [0.05, 0.1) is 26.3 Å². The molecule has 1 aromatic heterocycles. The minimum Gasteiger partial charge on any atom is -0.481 e. The van der Waals surface area contributed by atoms with Gasteiger partial charge in [0.2, 0.25) is 11.8 Å². The highest BCUT2D eigenvalue weighted by Crippen LogP contribution is 2.24. The number of nitrogens with zero attached hydrogens (tertiary/aromatic N) is 2. The van der Waals surface area contributed by atoms with Crippen molar-refractivity contribution in [2.45, 2.75) is 13.0 Å². The molecule has 1 aromatic carbocycles. The third-order valence-corrected chi connectivity index (χ3v) is 3.08. The van der Waals surface area contributed by atoms with Crippen molar-refractivity contribution in [1.29, 1.82) is 0 Å². The van der Waals surface area contributed by atoms with Gasteiger partial charge in [0, 0.05) is 12.3 Å². The van der Waals surface area contributed by atoms with E-state index in [9.17, 15) is 0 Å². The lowest BCUT2D eigenvalue weighted by molar-refractivity contribution is 0.299. The first-order chi connectivity index (χ1) is 10.3. The van der Waals surface area contributed by atoms with Gasteiger partial charge in [-0.25, -0.2) is 9.97 Å². The maximum Gasteiger partial charge on any atom is 0.225 e. The molecule has 0 saturated heterocycles. The van der Waals surface area contributed by atoms with E-state index in [1.54, 1.807) is 14.2 Å². The standard InChI is InChI=1S/C15H19N3O3/c1-20-14-13(15(21-2)18-10-17-14)9-16-12-5-3-11(4-6-12)7-8-19/h3-6,10,16,19H,7-9H2,1-2H3. The second kappa shape index (κ2) is 7.44. The Kier molecular flexibility index (Phi) is 5.34. The van der Waals surface area contributed by atoms with Crippen LogP contribution in [0.25, 0.3) is 0 Å². The zero-order valence-electron chi connectivity index (χ0n) is 12.2. The average Bonchev–Trinajstić information content (AvgIpc) is 2.54. The average molecular weight is 289 g/mol. The number of hydrogen-bond acceptors (Lipinski definition) is 6. The molecule has 21 heavy (non-hydrogen) atoms. The van der Waals surface area contributed by atoms with Crippen LogP contribution in [0, 0.1) is 0 Å². The molecule has 0 radical (unpaired) electrons. The number of hydrogen-bond donors (Lipinski definition) is 2. The van der Waals surface area contributed by atoms with E-state index < -0.39 is 0 Å². The number of aromatic nitrogens is 2. The summed E-state index contributed by atoms with van der Waals surface area (Å²) in [5, 5.41) is 12.2. The summed E-state index contributed by atoms with van der Waals surface area (Å²) in [5.41, 5.74) is 2.83. The third kappa shape index (κ3) is 3.82. The molecule has 0 amide bonds. The quantitative estimate of drug-likeness (QED) is 0.807. The molecule has 0 unspecified atom stereocenters. The summed E-state index contributed by atoms with van der Waals surface area (Å²) in [7, 11) is 3.13. The van der Waals surface area contributed by atoms with Crippen LogP contribution in [0.2, 0.25) is 0 Å². The Labute approximate surface area is 123 Å². The van der Waals surface area contributed by atoms with E-state index in [1.807, 2.05) is 24.3 Å². The van der Waals surface area contributed by atoms with Gasteiger partial charge in [-0.1, -0.05) is 12.1 Å². The highest BCUT2D eigenvalue weighted by Gasteiger charge is 2.12. The van der Waals surface area contributed by atoms with Gasteiger partial charge < -0.3 is 19.9 Å². The van der Waals surface area contributed by atoms with E-state index in [-0.39, 0.29) is 6.61 Å². The summed E-state index contributed by atoms with van der Waals surface area (Å²) in [6.07, 6.45) is 2.07. The first-order valence-corrected chi connectivity index (χ1v) is 6.64. The van der Waals surface area contributed by atoms with Crippen molar-refractivity contribution in [3.05, 3.63) is 41.7 Å². The lowest BCUT2D eigenvalue weighted by atomic mass is 10.1. The Balaban J connectivity index is 2.08.